The van der Waals surface area contributed by atoms with E-state index in [0.29, 0.717) is 34.0 Å². The Kier molecular flexibility index (Phi) is 6.61. The van der Waals surface area contributed by atoms with Crippen molar-refractivity contribution in [1.82, 2.24) is 20.8 Å². The highest BCUT2D eigenvalue weighted by Crippen LogP contribution is 2.26. The predicted octanol–water partition coefficient (Wildman–Crippen LogP) is 3.95. The van der Waals surface area contributed by atoms with Crippen LogP contribution in [0.3, 0.4) is 0 Å². The third kappa shape index (κ3) is 5.16. The number of thiocarbonyl (C=S) groups is 1. The van der Waals surface area contributed by atoms with Gasteiger partial charge in [0.1, 0.15) is 11.5 Å². The first-order valence-electron chi connectivity index (χ1n) is 9.98. The zero-order chi connectivity index (χ0) is 23.2. The molecule has 8 nitrogen and oxygen atoms in total. The normalized spacial score (nSPS) is 10.4. The average molecular weight is 460 g/mol. The largest absolute Gasteiger partial charge is 0.497 e. The zero-order valence-corrected chi connectivity index (χ0v) is 18.8. The van der Waals surface area contributed by atoms with Crippen LogP contribution in [0, 0.1) is 0 Å². The van der Waals surface area contributed by atoms with E-state index >= 15 is 0 Å². The minimum Gasteiger partial charge on any atom is -0.497 e. The highest BCUT2D eigenvalue weighted by molar-refractivity contribution is 7.80. The summed E-state index contributed by atoms with van der Waals surface area (Å²) < 4.78 is 10.5. The van der Waals surface area contributed by atoms with E-state index in [4.69, 9.17) is 21.7 Å². The van der Waals surface area contributed by atoms with Crippen LogP contribution in [0.15, 0.2) is 73.1 Å². The molecule has 0 spiro atoms. The average Bonchev–Trinajstić information content (AvgIpc) is 2.86. The van der Waals surface area contributed by atoms with E-state index in [1.54, 1.807) is 50.9 Å². The Bertz CT molecular complexity index is 1290. The number of nitrogens with one attached hydrogen (secondary N) is 3. The zero-order valence-electron chi connectivity index (χ0n) is 18.0. The lowest BCUT2D eigenvalue weighted by Gasteiger charge is -2.14. The molecule has 0 radical (unpaired) electrons. The molecule has 1 amide bonds. The van der Waals surface area contributed by atoms with Crippen LogP contribution in [0.2, 0.25) is 0 Å². The monoisotopic (exact) mass is 459 g/mol. The van der Waals surface area contributed by atoms with Crippen molar-refractivity contribution in [2.45, 2.75) is 0 Å². The van der Waals surface area contributed by atoms with Crippen molar-refractivity contribution in [3.63, 3.8) is 0 Å². The molecule has 0 aliphatic heterocycles. The van der Waals surface area contributed by atoms with Crippen molar-refractivity contribution in [1.29, 1.82) is 0 Å². The summed E-state index contributed by atoms with van der Waals surface area (Å²) >= 11 is 5.32. The van der Waals surface area contributed by atoms with Crippen LogP contribution in [-0.4, -0.2) is 35.2 Å². The van der Waals surface area contributed by atoms with Crippen molar-refractivity contribution in [3.05, 3.63) is 78.6 Å². The van der Waals surface area contributed by atoms with Crippen LogP contribution in [-0.2, 0) is 0 Å². The van der Waals surface area contributed by atoms with Gasteiger partial charge in [-0.05, 0) is 36.5 Å². The van der Waals surface area contributed by atoms with Gasteiger partial charge in [-0.2, -0.15) is 0 Å². The van der Waals surface area contributed by atoms with E-state index in [2.05, 4.69) is 26.1 Å². The standard InChI is InChI=1S/C24H21N5O3S/c1-31-17-11-16(12-18(13-17)32-2)26-24(33)29-28-23(30)20-14-22(15-7-9-25-10-8-15)27-21-6-4-3-5-19(20)21/h3-14H,1-2H3,(H,28,30)(H2,26,29,33). The second-order valence-corrected chi connectivity index (χ2v) is 7.35. The number of aromatic nitrogens is 2. The molecule has 4 rings (SSSR count). The lowest BCUT2D eigenvalue weighted by Crippen LogP contribution is -2.43. The minimum absolute atomic E-state index is 0.200. The number of ether oxygens (including phenoxy) is 2. The molecule has 0 atom stereocenters. The number of para-hydroxylation sites is 1. The first kappa shape index (κ1) is 22.0. The fourth-order valence-electron chi connectivity index (χ4n) is 3.26. The van der Waals surface area contributed by atoms with Gasteiger partial charge >= 0.3 is 0 Å². The molecule has 2 aromatic carbocycles. The summed E-state index contributed by atoms with van der Waals surface area (Å²) in [6, 6.07) is 18.2. The molecule has 0 saturated carbocycles. The predicted molar refractivity (Wildman–Crippen MR) is 131 cm³/mol. The highest BCUT2D eigenvalue weighted by Gasteiger charge is 2.14. The molecule has 3 N–H and O–H groups in total. The quantitative estimate of drug-likeness (QED) is 0.305. The summed E-state index contributed by atoms with van der Waals surface area (Å²) in [5.41, 5.74) is 8.74. The molecule has 0 aliphatic carbocycles. The number of hydrogen-bond acceptors (Lipinski definition) is 6. The molecule has 4 aromatic rings. The van der Waals surface area contributed by atoms with E-state index in [0.717, 1.165) is 10.9 Å². The lowest BCUT2D eigenvalue weighted by atomic mass is 10.0. The second kappa shape index (κ2) is 9.92. The SMILES string of the molecule is COc1cc(NC(=S)NNC(=O)c2cc(-c3ccncc3)nc3ccccc23)cc(OC)c1. The number of nitrogens with zero attached hydrogens (tertiary/aromatic N) is 2. The number of hydrazine groups is 1. The highest BCUT2D eigenvalue weighted by atomic mass is 32.1. The molecular formula is C24H21N5O3S. The first-order chi connectivity index (χ1) is 16.1. The molecule has 166 valence electrons. The van der Waals surface area contributed by atoms with Gasteiger partial charge in [0.25, 0.3) is 5.91 Å². The van der Waals surface area contributed by atoms with Crippen molar-refractivity contribution in [2.75, 3.05) is 19.5 Å². The number of carbonyl (C=O) groups is 1. The first-order valence-corrected chi connectivity index (χ1v) is 10.4. The van der Waals surface area contributed by atoms with Crippen LogP contribution < -0.4 is 25.6 Å². The van der Waals surface area contributed by atoms with Gasteiger partial charge < -0.3 is 14.8 Å². The van der Waals surface area contributed by atoms with E-state index in [1.807, 2.05) is 36.4 Å². The third-order valence-corrected chi connectivity index (χ3v) is 5.04. The van der Waals surface area contributed by atoms with Crippen molar-refractivity contribution in [3.8, 4) is 22.8 Å². The number of methoxy groups -OCH3 is 2. The molecule has 0 saturated heterocycles. The molecule has 2 aromatic heterocycles. The molecule has 0 fully saturated rings. The number of pyridine rings is 2. The van der Waals surface area contributed by atoms with Gasteiger partial charge in [0.15, 0.2) is 5.11 Å². The Morgan fingerprint density at radius 2 is 1.61 bits per heavy atom. The summed E-state index contributed by atoms with van der Waals surface area (Å²) in [6.45, 7) is 0. The van der Waals surface area contributed by atoms with E-state index < -0.39 is 0 Å². The molecule has 0 bridgehead atoms. The van der Waals surface area contributed by atoms with Gasteiger partial charge in [0, 0.05) is 47.2 Å². The smallest absolute Gasteiger partial charge is 0.270 e. The Morgan fingerprint density at radius 1 is 0.909 bits per heavy atom. The van der Waals surface area contributed by atoms with Crippen LogP contribution >= 0.6 is 12.2 Å². The summed E-state index contributed by atoms with van der Waals surface area (Å²) in [5.74, 6) is 0.863. The molecule has 9 heteroatoms. The fraction of sp³-hybridized carbons (Fsp3) is 0.0833. The minimum atomic E-state index is -0.351. The van der Waals surface area contributed by atoms with Crippen LogP contribution in [0.25, 0.3) is 22.2 Å². The van der Waals surface area contributed by atoms with Crippen LogP contribution in [0.5, 0.6) is 11.5 Å². The molecule has 33 heavy (non-hydrogen) atoms. The molecule has 2 heterocycles. The van der Waals surface area contributed by atoms with Gasteiger partial charge in [-0.25, -0.2) is 4.98 Å². The number of anilines is 1. The van der Waals surface area contributed by atoms with Crippen molar-refractivity contribution in [2.24, 2.45) is 0 Å². The van der Waals surface area contributed by atoms with Gasteiger partial charge in [-0.3, -0.25) is 20.6 Å². The summed E-state index contributed by atoms with van der Waals surface area (Å²) in [5, 5.41) is 3.93. The number of benzene rings is 2. The van der Waals surface area contributed by atoms with Gasteiger partial charge in [0.05, 0.1) is 31.0 Å². The number of amides is 1. The number of hydrogen-bond donors (Lipinski definition) is 3. The maximum Gasteiger partial charge on any atom is 0.270 e. The van der Waals surface area contributed by atoms with E-state index in [9.17, 15) is 4.79 Å². The second-order valence-electron chi connectivity index (χ2n) is 6.94. The Morgan fingerprint density at radius 3 is 2.30 bits per heavy atom. The van der Waals surface area contributed by atoms with Gasteiger partial charge in [0.2, 0.25) is 0 Å². The lowest BCUT2D eigenvalue weighted by molar-refractivity contribution is 0.0946. The third-order valence-electron chi connectivity index (χ3n) is 4.84. The van der Waals surface area contributed by atoms with Crippen molar-refractivity contribution >= 4 is 39.8 Å². The maximum atomic E-state index is 13.1. The summed E-state index contributed by atoms with van der Waals surface area (Å²) in [6.07, 6.45) is 3.37. The molecule has 0 unspecified atom stereocenters. The topological polar surface area (TPSA) is 97.4 Å². The Hall–Kier alpha value is -4.24. The Balaban J connectivity index is 1.53. The molecular weight excluding hydrogens is 438 g/mol. The maximum absolute atomic E-state index is 13.1. The molecule has 0 aliphatic rings. The number of fused-ring (bicyclic) bond motifs is 1. The van der Waals surface area contributed by atoms with E-state index in [-0.39, 0.29) is 11.0 Å². The fourth-order valence-corrected chi connectivity index (χ4v) is 3.43. The summed E-state index contributed by atoms with van der Waals surface area (Å²) in [7, 11) is 3.13. The van der Waals surface area contributed by atoms with Gasteiger partial charge in [-0.15, -0.1) is 0 Å². The van der Waals surface area contributed by atoms with Crippen molar-refractivity contribution < 1.29 is 14.3 Å². The number of carbonyl (C=O) groups excluding carboxylic acids is 1. The van der Waals surface area contributed by atoms with Crippen LogP contribution in [0.1, 0.15) is 10.4 Å². The summed E-state index contributed by atoms with van der Waals surface area (Å²) in [4.78, 5) is 21.8. The Labute approximate surface area is 195 Å². The van der Waals surface area contributed by atoms with E-state index in [1.165, 1.54) is 0 Å². The van der Waals surface area contributed by atoms with Gasteiger partial charge in [-0.1, -0.05) is 18.2 Å². The van der Waals surface area contributed by atoms with Crippen LogP contribution in [0.4, 0.5) is 5.69 Å². The number of rotatable bonds is 5.